The van der Waals surface area contributed by atoms with Crippen LogP contribution in [0.15, 0.2) is 18.2 Å². The van der Waals surface area contributed by atoms with Gasteiger partial charge in [-0.2, -0.15) is 0 Å². The summed E-state index contributed by atoms with van der Waals surface area (Å²) in [5.74, 6) is -0.0366. The number of nitrogens with one attached hydrogen (secondary N) is 1. The number of amides is 1. The fourth-order valence-corrected chi connectivity index (χ4v) is 1.32. The van der Waals surface area contributed by atoms with Gasteiger partial charge in [-0.05, 0) is 17.7 Å². The number of halogens is 1. The molecule has 0 radical (unpaired) electrons. The summed E-state index contributed by atoms with van der Waals surface area (Å²) >= 11 is 5.95. The summed E-state index contributed by atoms with van der Waals surface area (Å²) in [6, 6.07) is 5.15. The van der Waals surface area contributed by atoms with Gasteiger partial charge < -0.3 is 15.3 Å². The molecule has 0 aliphatic rings. The Bertz CT molecular complexity index is 380. The van der Waals surface area contributed by atoms with Crippen LogP contribution < -0.4 is 5.32 Å². The van der Waals surface area contributed by atoms with Crippen molar-refractivity contribution >= 4 is 23.2 Å². The average molecular weight is 243 g/mol. The van der Waals surface area contributed by atoms with E-state index in [0.717, 1.165) is 5.56 Å². The van der Waals surface area contributed by atoms with Gasteiger partial charge in [-0.3, -0.25) is 4.79 Å². The topological polar surface area (TPSA) is 52.6 Å². The molecular formula is C11H15ClN2O2. The van der Waals surface area contributed by atoms with Crippen molar-refractivity contribution in [1.82, 2.24) is 4.90 Å². The molecular weight excluding hydrogens is 228 g/mol. The standard InChI is InChI=1S/C11H15ClN2O2/c1-14(2)11(16)6-13-10-5-8(7-15)3-4-9(10)12/h3-5,13,15H,6-7H2,1-2H3. The summed E-state index contributed by atoms with van der Waals surface area (Å²) in [7, 11) is 3.38. The number of nitrogens with zero attached hydrogens (tertiary/aromatic N) is 1. The lowest BCUT2D eigenvalue weighted by atomic mass is 10.2. The summed E-state index contributed by atoms with van der Waals surface area (Å²) in [4.78, 5) is 12.8. The van der Waals surface area contributed by atoms with Crippen LogP contribution >= 0.6 is 11.6 Å². The molecule has 1 aromatic rings. The Morgan fingerprint density at radius 3 is 2.75 bits per heavy atom. The lowest BCUT2D eigenvalue weighted by molar-refractivity contribution is -0.126. The predicted molar refractivity (Wildman–Crippen MR) is 64.6 cm³/mol. The van der Waals surface area contributed by atoms with Crippen LogP contribution in [-0.2, 0) is 11.4 Å². The van der Waals surface area contributed by atoms with Crippen LogP contribution in [0.3, 0.4) is 0 Å². The molecule has 4 nitrogen and oxygen atoms in total. The van der Waals surface area contributed by atoms with E-state index in [-0.39, 0.29) is 19.1 Å². The maximum absolute atomic E-state index is 11.4. The van der Waals surface area contributed by atoms with E-state index in [2.05, 4.69) is 5.32 Å². The maximum atomic E-state index is 11.4. The predicted octanol–water partition coefficient (Wildman–Crippen LogP) is 1.33. The van der Waals surface area contributed by atoms with Gasteiger partial charge in [0.15, 0.2) is 0 Å². The van der Waals surface area contributed by atoms with E-state index in [1.165, 1.54) is 4.90 Å². The molecule has 16 heavy (non-hydrogen) atoms. The molecule has 0 saturated carbocycles. The SMILES string of the molecule is CN(C)C(=O)CNc1cc(CO)ccc1Cl. The molecule has 0 atom stereocenters. The van der Waals surface area contributed by atoms with E-state index in [1.54, 1.807) is 32.3 Å². The smallest absolute Gasteiger partial charge is 0.241 e. The van der Waals surface area contributed by atoms with Crippen molar-refractivity contribution in [3.63, 3.8) is 0 Å². The normalized spacial score (nSPS) is 10.0. The van der Waals surface area contributed by atoms with Crippen molar-refractivity contribution < 1.29 is 9.90 Å². The zero-order valence-electron chi connectivity index (χ0n) is 9.33. The second-order valence-corrected chi connectivity index (χ2v) is 4.02. The number of hydrogen-bond donors (Lipinski definition) is 2. The fraction of sp³-hybridized carbons (Fsp3) is 0.364. The molecule has 1 rings (SSSR count). The number of aliphatic hydroxyl groups excluding tert-OH is 1. The Morgan fingerprint density at radius 2 is 2.19 bits per heavy atom. The van der Waals surface area contributed by atoms with E-state index in [9.17, 15) is 4.79 Å². The number of benzene rings is 1. The number of hydrogen-bond acceptors (Lipinski definition) is 3. The molecule has 0 fully saturated rings. The Kier molecular flexibility index (Phi) is 4.58. The lowest BCUT2D eigenvalue weighted by Gasteiger charge is -2.13. The summed E-state index contributed by atoms with van der Waals surface area (Å²) in [6.07, 6.45) is 0. The van der Waals surface area contributed by atoms with Crippen LogP contribution in [0.1, 0.15) is 5.56 Å². The van der Waals surface area contributed by atoms with Crippen molar-refractivity contribution in [1.29, 1.82) is 0 Å². The van der Waals surface area contributed by atoms with Gasteiger partial charge in [0.25, 0.3) is 0 Å². The second kappa shape index (κ2) is 5.72. The highest BCUT2D eigenvalue weighted by Crippen LogP contribution is 2.22. The fourth-order valence-electron chi connectivity index (χ4n) is 1.14. The monoisotopic (exact) mass is 242 g/mol. The van der Waals surface area contributed by atoms with E-state index < -0.39 is 0 Å². The van der Waals surface area contributed by atoms with Crippen molar-refractivity contribution in [2.75, 3.05) is 26.0 Å². The van der Waals surface area contributed by atoms with Crippen LogP contribution in [0.25, 0.3) is 0 Å². The van der Waals surface area contributed by atoms with Crippen LogP contribution in [-0.4, -0.2) is 36.6 Å². The van der Waals surface area contributed by atoms with Crippen molar-refractivity contribution in [3.8, 4) is 0 Å². The molecule has 0 saturated heterocycles. The first-order valence-electron chi connectivity index (χ1n) is 4.88. The molecule has 0 aliphatic heterocycles. The molecule has 0 aliphatic carbocycles. The highest BCUT2D eigenvalue weighted by Gasteiger charge is 2.06. The van der Waals surface area contributed by atoms with Crippen molar-refractivity contribution in [3.05, 3.63) is 28.8 Å². The first-order valence-corrected chi connectivity index (χ1v) is 5.25. The van der Waals surface area contributed by atoms with Gasteiger partial charge in [-0.15, -0.1) is 0 Å². The first kappa shape index (κ1) is 12.8. The largest absolute Gasteiger partial charge is 0.392 e. The minimum Gasteiger partial charge on any atom is -0.392 e. The van der Waals surface area contributed by atoms with E-state index in [4.69, 9.17) is 16.7 Å². The molecule has 5 heteroatoms. The van der Waals surface area contributed by atoms with Gasteiger partial charge in [-0.25, -0.2) is 0 Å². The first-order chi connectivity index (χ1) is 7.54. The summed E-state index contributed by atoms with van der Waals surface area (Å²) in [6.45, 7) is 0.134. The molecule has 2 N–H and O–H groups in total. The van der Waals surface area contributed by atoms with Gasteiger partial charge in [0.2, 0.25) is 5.91 Å². The Hall–Kier alpha value is -1.26. The highest BCUT2D eigenvalue weighted by atomic mass is 35.5. The molecule has 0 heterocycles. The Labute approximate surface area is 99.8 Å². The number of likely N-dealkylation sites (N-methyl/N-ethyl adjacent to an activating group) is 1. The third kappa shape index (κ3) is 3.40. The molecule has 0 spiro atoms. The minimum atomic E-state index is -0.0481. The summed E-state index contributed by atoms with van der Waals surface area (Å²) in [5, 5.41) is 12.4. The van der Waals surface area contributed by atoms with E-state index >= 15 is 0 Å². The minimum absolute atomic E-state index is 0.0366. The van der Waals surface area contributed by atoms with Gasteiger partial charge in [-0.1, -0.05) is 17.7 Å². The number of aliphatic hydroxyl groups is 1. The number of carbonyl (C=O) groups excluding carboxylic acids is 1. The van der Waals surface area contributed by atoms with Crippen LogP contribution in [0, 0.1) is 0 Å². The maximum Gasteiger partial charge on any atom is 0.241 e. The van der Waals surface area contributed by atoms with Crippen LogP contribution in [0.4, 0.5) is 5.69 Å². The van der Waals surface area contributed by atoms with E-state index in [0.29, 0.717) is 10.7 Å². The average Bonchev–Trinajstić information content (AvgIpc) is 2.27. The number of carbonyl (C=O) groups is 1. The van der Waals surface area contributed by atoms with Gasteiger partial charge in [0, 0.05) is 14.1 Å². The van der Waals surface area contributed by atoms with Gasteiger partial charge in [0.1, 0.15) is 0 Å². The quantitative estimate of drug-likeness (QED) is 0.838. The molecule has 0 aromatic heterocycles. The van der Waals surface area contributed by atoms with Crippen molar-refractivity contribution in [2.24, 2.45) is 0 Å². The zero-order valence-corrected chi connectivity index (χ0v) is 10.1. The second-order valence-electron chi connectivity index (χ2n) is 3.61. The third-order valence-corrected chi connectivity index (χ3v) is 2.47. The Morgan fingerprint density at radius 1 is 1.50 bits per heavy atom. The highest BCUT2D eigenvalue weighted by molar-refractivity contribution is 6.33. The van der Waals surface area contributed by atoms with Gasteiger partial charge >= 0.3 is 0 Å². The molecule has 0 unspecified atom stereocenters. The molecule has 0 bridgehead atoms. The third-order valence-electron chi connectivity index (χ3n) is 2.14. The molecule has 1 aromatic carbocycles. The molecule has 1 amide bonds. The summed E-state index contributed by atoms with van der Waals surface area (Å²) in [5.41, 5.74) is 1.41. The zero-order chi connectivity index (χ0) is 12.1. The number of rotatable bonds is 4. The number of anilines is 1. The van der Waals surface area contributed by atoms with Crippen LogP contribution in [0.2, 0.25) is 5.02 Å². The summed E-state index contributed by atoms with van der Waals surface area (Å²) < 4.78 is 0. The Balaban J connectivity index is 2.69. The van der Waals surface area contributed by atoms with Gasteiger partial charge in [0.05, 0.1) is 23.9 Å². The van der Waals surface area contributed by atoms with Crippen LogP contribution in [0.5, 0.6) is 0 Å². The lowest BCUT2D eigenvalue weighted by Crippen LogP contribution is -2.28. The van der Waals surface area contributed by atoms with Crippen molar-refractivity contribution in [2.45, 2.75) is 6.61 Å². The molecule has 88 valence electrons. The van der Waals surface area contributed by atoms with E-state index in [1.807, 2.05) is 0 Å².